The molecule has 0 amide bonds. The Bertz CT molecular complexity index is 524. The molecular weight excluding hydrogens is 368 g/mol. The SMILES string of the molecule is CC(=O)Oc1cccc([C@H](CC(F)(F)F)N2CCNCC2)c1.Cl.Cl. The lowest BCUT2D eigenvalue weighted by Gasteiger charge is -2.35. The van der Waals surface area contributed by atoms with Crippen LogP contribution >= 0.6 is 24.8 Å². The highest BCUT2D eigenvalue weighted by molar-refractivity contribution is 5.85. The Balaban J connectivity index is 0.00000264. The van der Waals surface area contributed by atoms with Gasteiger partial charge in [0.1, 0.15) is 5.75 Å². The van der Waals surface area contributed by atoms with E-state index in [-0.39, 0.29) is 30.6 Å². The molecule has 1 N–H and O–H groups in total. The third-order valence-corrected chi connectivity index (χ3v) is 3.52. The fourth-order valence-corrected chi connectivity index (χ4v) is 2.62. The number of halogens is 5. The Morgan fingerprint density at radius 3 is 2.46 bits per heavy atom. The van der Waals surface area contributed by atoms with Crippen molar-refractivity contribution in [1.29, 1.82) is 0 Å². The highest BCUT2D eigenvalue weighted by Gasteiger charge is 2.36. The minimum Gasteiger partial charge on any atom is -0.427 e. The number of alkyl halides is 3. The predicted octanol–water partition coefficient (Wildman–Crippen LogP) is 3.35. The summed E-state index contributed by atoms with van der Waals surface area (Å²) in [5.41, 5.74) is 0.512. The number of rotatable bonds is 4. The number of carbonyl (C=O) groups is 1. The largest absolute Gasteiger partial charge is 0.427 e. The third-order valence-electron chi connectivity index (χ3n) is 3.52. The van der Waals surface area contributed by atoms with E-state index in [1.54, 1.807) is 18.2 Å². The van der Waals surface area contributed by atoms with Crippen LogP contribution in [-0.2, 0) is 4.79 Å². The van der Waals surface area contributed by atoms with Crippen molar-refractivity contribution in [2.45, 2.75) is 25.6 Å². The van der Waals surface area contributed by atoms with E-state index in [1.807, 2.05) is 4.90 Å². The second-order valence-electron chi connectivity index (χ2n) is 5.29. The van der Waals surface area contributed by atoms with Crippen molar-refractivity contribution < 1.29 is 22.7 Å². The van der Waals surface area contributed by atoms with E-state index in [1.165, 1.54) is 13.0 Å². The summed E-state index contributed by atoms with van der Waals surface area (Å²) in [6.07, 6.45) is -5.18. The molecule has 1 aromatic rings. The number of carbonyl (C=O) groups excluding carboxylic acids is 1. The van der Waals surface area contributed by atoms with E-state index in [9.17, 15) is 18.0 Å². The highest BCUT2D eigenvalue weighted by Crippen LogP contribution is 2.35. The van der Waals surface area contributed by atoms with Gasteiger partial charge in [-0.05, 0) is 17.7 Å². The predicted molar refractivity (Wildman–Crippen MR) is 90.1 cm³/mol. The summed E-state index contributed by atoms with van der Waals surface area (Å²) >= 11 is 0. The average Bonchev–Trinajstić information content (AvgIpc) is 2.44. The zero-order valence-corrected chi connectivity index (χ0v) is 14.8. The average molecular weight is 389 g/mol. The van der Waals surface area contributed by atoms with Crippen LogP contribution in [0.1, 0.15) is 24.9 Å². The molecule has 0 spiro atoms. The molecule has 9 heteroatoms. The topological polar surface area (TPSA) is 41.6 Å². The molecule has 0 aromatic heterocycles. The van der Waals surface area contributed by atoms with Crippen LogP contribution in [0.25, 0.3) is 0 Å². The first-order valence-electron chi connectivity index (χ1n) is 7.15. The molecule has 1 saturated heterocycles. The molecule has 0 radical (unpaired) electrons. The van der Waals surface area contributed by atoms with E-state index in [0.29, 0.717) is 31.7 Å². The maximum Gasteiger partial charge on any atom is 0.390 e. The number of benzene rings is 1. The molecule has 138 valence electrons. The van der Waals surface area contributed by atoms with Crippen molar-refractivity contribution in [3.05, 3.63) is 29.8 Å². The lowest BCUT2D eigenvalue weighted by molar-refractivity contribution is -0.148. The molecular formula is C15H21Cl2F3N2O2. The molecule has 4 nitrogen and oxygen atoms in total. The van der Waals surface area contributed by atoms with Crippen LogP contribution in [-0.4, -0.2) is 43.2 Å². The maximum atomic E-state index is 12.9. The Hall–Kier alpha value is -1.02. The summed E-state index contributed by atoms with van der Waals surface area (Å²) < 4.78 is 43.8. The number of piperazine rings is 1. The smallest absolute Gasteiger partial charge is 0.390 e. The number of ether oxygens (including phenoxy) is 1. The van der Waals surface area contributed by atoms with E-state index >= 15 is 0 Å². The summed E-state index contributed by atoms with van der Waals surface area (Å²) in [7, 11) is 0. The van der Waals surface area contributed by atoms with Gasteiger partial charge in [-0.15, -0.1) is 24.8 Å². The molecule has 0 saturated carbocycles. The summed E-state index contributed by atoms with van der Waals surface area (Å²) in [5, 5.41) is 3.13. The summed E-state index contributed by atoms with van der Waals surface area (Å²) in [5.74, 6) is -0.223. The Labute approximate surface area is 151 Å². The van der Waals surface area contributed by atoms with Gasteiger partial charge in [-0.2, -0.15) is 13.2 Å². The minimum atomic E-state index is -4.26. The van der Waals surface area contributed by atoms with Gasteiger partial charge in [-0.1, -0.05) is 12.1 Å². The molecule has 0 unspecified atom stereocenters. The van der Waals surface area contributed by atoms with Crippen molar-refractivity contribution in [2.75, 3.05) is 26.2 Å². The molecule has 1 heterocycles. The van der Waals surface area contributed by atoms with Crippen molar-refractivity contribution in [1.82, 2.24) is 10.2 Å². The van der Waals surface area contributed by atoms with Gasteiger partial charge in [0.05, 0.1) is 6.42 Å². The lowest BCUT2D eigenvalue weighted by atomic mass is 10.0. The molecule has 1 aliphatic heterocycles. The molecule has 1 aliphatic rings. The molecule has 1 atom stereocenters. The van der Waals surface area contributed by atoms with Crippen LogP contribution < -0.4 is 10.1 Å². The quantitative estimate of drug-likeness (QED) is 0.634. The molecule has 0 aliphatic carbocycles. The van der Waals surface area contributed by atoms with Crippen molar-refractivity contribution in [3.8, 4) is 5.75 Å². The maximum absolute atomic E-state index is 12.9. The monoisotopic (exact) mass is 388 g/mol. The van der Waals surface area contributed by atoms with E-state index in [4.69, 9.17) is 4.74 Å². The van der Waals surface area contributed by atoms with E-state index < -0.39 is 24.6 Å². The number of nitrogens with zero attached hydrogens (tertiary/aromatic N) is 1. The van der Waals surface area contributed by atoms with Gasteiger partial charge in [0.25, 0.3) is 0 Å². The Morgan fingerprint density at radius 2 is 1.92 bits per heavy atom. The fraction of sp³-hybridized carbons (Fsp3) is 0.533. The third kappa shape index (κ3) is 7.25. The summed E-state index contributed by atoms with van der Waals surface area (Å²) in [6.45, 7) is 3.70. The van der Waals surface area contributed by atoms with Gasteiger partial charge in [-0.25, -0.2) is 0 Å². The van der Waals surface area contributed by atoms with Crippen LogP contribution in [0.5, 0.6) is 5.75 Å². The Morgan fingerprint density at radius 1 is 1.29 bits per heavy atom. The van der Waals surface area contributed by atoms with Crippen LogP contribution in [0, 0.1) is 0 Å². The van der Waals surface area contributed by atoms with E-state index in [2.05, 4.69) is 5.32 Å². The zero-order valence-electron chi connectivity index (χ0n) is 13.1. The second-order valence-corrected chi connectivity index (χ2v) is 5.29. The number of nitrogens with one attached hydrogen (secondary N) is 1. The first-order chi connectivity index (χ1) is 10.3. The van der Waals surface area contributed by atoms with Crippen LogP contribution in [0.15, 0.2) is 24.3 Å². The van der Waals surface area contributed by atoms with Gasteiger partial charge in [-0.3, -0.25) is 9.69 Å². The first kappa shape index (κ1) is 23.0. The highest BCUT2D eigenvalue weighted by atomic mass is 35.5. The Kier molecular flexibility index (Phi) is 9.65. The van der Waals surface area contributed by atoms with Gasteiger partial charge < -0.3 is 10.1 Å². The molecule has 24 heavy (non-hydrogen) atoms. The number of hydrogen-bond donors (Lipinski definition) is 1. The standard InChI is InChI=1S/C15H19F3N2O2.2ClH/c1-11(21)22-13-4-2-3-12(9-13)14(10-15(16,17)18)20-7-5-19-6-8-20;;/h2-4,9,14,19H,5-8,10H2,1H3;2*1H/t14-;;/m0../s1. The minimum absolute atomic E-state index is 0. The summed E-state index contributed by atoms with van der Waals surface area (Å²) in [4.78, 5) is 12.8. The van der Waals surface area contributed by atoms with Gasteiger partial charge >= 0.3 is 12.1 Å². The lowest BCUT2D eigenvalue weighted by Crippen LogP contribution is -2.46. The van der Waals surface area contributed by atoms with Crippen molar-refractivity contribution in [2.24, 2.45) is 0 Å². The van der Waals surface area contributed by atoms with Crippen molar-refractivity contribution in [3.63, 3.8) is 0 Å². The molecule has 1 fully saturated rings. The number of esters is 1. The van der Waals surface area contributed by atoms with Gasteiger partial charge in [0.15, 0.2) is 0 Å². The first-order valence-corrected chi connectivity index (χ1v) is 7.15. The molecule has 2 rings (SSSR count). The molecule has 0 bridgehead atoms. The summed E-state index contributed by atoms with van der Waals surface area (Å²) in [6, 6.07) is 5.57. The molecule has 1 aromatic carbocycles. The van der Waals surface area contributed by atoms with Crippen molar-refractivity contribution >= 4 is 30.8 Å². The number of hydrogen-bond acceptors (Lipinski definition) is 4. The zero-order chi connectivity index (χ0) is 16.2. The second kappa shape index (κ2) is 10.1. The van der Waals surface area contributed by atoms with Gasteiger partial charge in [0, 0.05) is 39.1 Å². The van der Waals surface area contributed by atoms with Crippen LogP contribution in [0.2, 0.25) is 0 Å². The fourth-order valence-electron chi connectivity index (χ4n) is 2.62. The normalized spacial score (nSPS) is 16.5. The van der Waals surface area contributed by atoms with Gasteiger partial charge in [0.2, 0.25) is 0 Å². The van der Waals surface area contributed by atoms with Crippen LogP contribution in [0.3, 0.4) is 0 Å². The van der Waals surface area contributed by atoms with Crippen LogP contribution in [0.4, 0.5) is 13.2 Å². The van der Waals surface area contributed by atoms with E-state index in [0.717, 1.165) is 0 Å².